The van der Waals surface area contributed by atoms with E-state index in [1.165, 1.54) is 35.4 Å². The molecule has 0 radical (unpaired) electrons. The summed E-state index contributed by atoms with van der Waals surface area (Å²) >= 11 is 0. The van der Waals surface area contributed by atoms with Gasteiger partial charge in [-0.05, 0) is 137 Å². The zero-order chi connectivity index (χ0) is 51.0. The number of halogens is 2. The average Bonchev–Trinajstić information content (AvgIpc) is 3.92. The Morgan fingerprint density at radius 1 is 0.466 bits per heavy atom. The molecule has 0 bridgehead atoms. The Bertz CT molecular complexity index is 3810. The van der Waals surface area contributed by atoms with Crippen LogP contribution in [-0.4, -0.2) is 15.6 Å². The summed E-state index contributed by atoms with van der Waals surface area (Å²) in [6.07, 6.45) is 1.90. The Labute approximate surface area is 426 Å². The topological polar surface area (TPSA) is 33.1 Å². The fourth-order valence-corrected chi connectivity index (χ4v) is 10.1. The molecule has 0 fully saturated rings. The largest absolute Gasteiger partial charge is 0.503 e. The quantitative estimate of drug-likeness (QED) is 0.142. The van der Waals surface area contributed by atoms with Gasteiger partial charge < -0.3 is 4.74 Å². The van der Waals surface area contributed by atoms with Gasteiger partial charge in [0.25, 0.3) is 11.4 Å². The van der Waals surface area contributed by atoms with Crippen LogP contribution in [0.3, 0.4) is 0 Å². The summed E-state index contributed by atoms with van der Waals surface area (Å²) in [5.41, 5.74) is 14.1. The average molecular weight is 961 g/mol. The predicted octanol–water partition coefficient (Wildman–Crippen LogP) is 18.0. The second-order valence-corrected chi connectivity index (χ2v) is 22.2. The molecule has 11 rings (SSSR count). The van der Waals surface area contributed by atoms with Crippen LogP contribution in [0.15, 0.2) is 188 Å². The lowest BCUT2D eigenvalue weighted by Gasteiger charge is -2.23. The molecule has 0 unspecified atom stereocenters. The maximum Gasteiger partial charge on any atom is 0.503 e. The van der Waals surface area contributed by atoms with Crippen molar-refractivity contribution < 1.29 is 13.5 Å². The van der Waals surface area contributed by atoms with E-state index in [0.717, 1.165) is 89.3 Å². The smallest absolute Gasteiger partial charge is 0.457 e. The van der Waals surface area contributed by atoms with E-state index in [4.69, 9.17) is 9.72 Å². The molecular formula is C66H58F2N4O+2. The molecule has 8 aromatic carbocycles. The maximum atomic E-state index is 14.7. The minimum atomic E-state index is -0.317. The van der Waals surface area contributed by atoms with Crippen LogP contribution in [0.5, 0.6) is 11.5 Å². The van der Waals surface area contributed by atoms with Gasteiger partial charge in [-0.15, -0.1) is 0 Å². The van der Waals surface area contributed by atoms with E-state index in [9.17, 15) is 8.78 Å². The van der Waals surface area contributed by atoms with Gasteiger partial charge in [-0.1, -0.05) is 141 Å². The fraction of sp³-hybridized carbons (Fsp3) is 0.182. The normalized spacial score (nSPS) is 12.8. The molecule has 1 aliphatic heterocycles. The van der Waals surface area contributed by atoms with Crippen LogP contribution in [0, 0.1) is 11.6 Å². The van der Waals surface area contributed by atoms with E-state index in [1.54, 1.807) is 0 Å². The molecule has 5 nitrogen and oxygen atoms in total. The molecule has 0 spiro atoms. The summed E-state index contributed by atoms with van der Waals surface area (Å²) in [6.45, 7) is 19.9. The van der Waals surface area contributed by atoms with Crippen LogP contribution in [0.25, 0.3) is 61.0 Å². The predicted molar refractivity (Wildman–Crippen MR) is 298 cm³/mol. The number of nitrogens with zero attached hydrogens (tertiary/aromatic N) is 4. The standard InChI is InChI=1S/C66H58F2N4O/c1-64(2,3)45-32-33-69-62(38-45)72-58-19-13-11-17-53(58)54-31-30-50(40-61(54)72)73-51-35-44(52-16-10-12-18-57(52)66(7,8)9)34-49(39-51)70-41-71(60-21-15-14-20-59(60)70)63-55(42-22-26-47(67)27-23-42)36-46(65(4,5)6)37-56(63)43-24-28-48(68)29-25-43/h10-40H,1-9H3/q+2. The molecule has 0 amide bonds. The number of hydrogen-bond acceptors (Lipinski definition) is 2. The van der Waals surface area contributed by atoms with Crippen molar-refractivity contribution in [1.29, 1.82) is 0 Å². The van der Waals surface area contributed by atoms with Crippen LogP contribution >= 0.6 is 0 Å². The molecule has 1 aliphatic rings. The van der Waals surface area contributed by atoms with E-state index in [0.29, 0.717) is 11.5 Å². The number of pyridine rings is 1. The minimum Gasteiger partial charge on any atom is -0.457 e. The van der Waals surface area contributed by atoms with Gasteiger partial charge in [0.1, 0.15) is 29.0 Å². The second-order valence-electron chi connectivity index (χ2n) is 22.2. The minimum absolute atomic E-state index is 0.0620. The maximum absolute atomic E-state index is 14.7. The van der Waals surface area contributed by atoms with Crippen molar-refractivity contribution in [3.8, 4) is 50.7 Å². The summed E-state index contributed by atoms with van der Waals surface area (Å²) < 4.78 is 42.9. The number of para-hydroxylation sites is 3. The molecular weight excluding hydrogens is 903 g/mol. The Hall–Kier alpha value is -8.25. The Kier molecular flexibility index (Phi) is 11.5. The third-order valence-electron chi connectivity index (χ3n) is 14.0. The summed E-state index contributed by atoms with van der Waals surface area (Å²) in [6, 6.07) is 63.9. The monoisotopic (exact) mass is 960 g/mol. The molecule has 0 saturated carbocycles. The number of aromatic nitrogens is 2. The van der Waals surface area contributed by atoms with Crippen LogP contribution in [0.1, 0.15) is 79.0 Å². The third-order valence-corrected chi connectivity index (χ3v) is 14.0. The van der Waals surface area contributed by atoms with Crippen molar-refractivity contribution in [3.05, 3.63) is 217 Å². The number of ether oxygens (including phenoxy) is 1. The first kappa shape index (κ1) is 47.1. The van der Waals surface area contributed by atoms with Gasteiger partial charge in [-0.25, -0.2) is 13.8 Å². The number of benzene rings is 8. The van der Waals surface area contributed by atoms with Gasteiger partial charge in [0, 0.05) is 41.2 Å². The van der Waals surface area contributed by atoms with Crippen molar-refractivity contribution in [2.24, 2.45) is 0 Å². The zero-order valence-electron chi connectivity index (χ0n) is 42.9. The van der Waals surface area contributed by atoms with Gasteiger partial charge in [-0.3, -0.25) is 4.57 Å². The molecule has 360 valence electrons. The molecule has 0 atom stereocenters. The Balaban J connectivity index is 1.15. The van der Waals surface area contributed by atoms with E-state index in [-0.39, 0.29) is 27.9 Å². The van der Waals surface area contributed by atoms with E-state index in [2.05, 4.69) is 197 Å². The molecule has 7 heteroatoms. The van der Waals surface area contributed by atoms with E-state index in [1.807, 2.05) is 48.7 Å². The lowest BCUT2D eigenvalue weighted by molar-refractivity contribution is 0.483. The number of rotatable bonds is 8. The van der Waals surface area contributed by atoms with Gasteiger partial charge in [0.2, 0.25) is 11.4 Å². The Morgan fingerprint density at radius 3 is 1.70 bits per heavy atom. The van der Waals surface area contributed by atoms with Gasteiger partial charge >= 0.3 is 6.01 Å². The van der Waals surface area contributed by atoms with Crippen molar-refractivity contribution >= 4 is 50.6 Å². The molecule has 2 aromatic heterocycles. The highest BCUT2D eigenvalue weighted by Crippen LogP contribution is 2.48. The van der Waals surface area contributed by atoms with Crippen molar-refractivity contribution in [3.63, 3.8) is 0 Å². The highest BCUT2D eigenvalue weighted by atomic mass is 19.1. The van der Waals surface area contributed by atoms with Crippen LogP contribution in [0.4, 0.5) is 31.5 Å². The van der Waals surface area contributed by atoms with Gasteiger partial charge in [-0.2, -0.15) is 0 Å². The van der Waals surface area contributed by atoms with Crippen LogP contribution in [-0.2, 0) is 16.2 Å². The molecule has 0 N–H and O–H groups in total. The van der Waals surface area contributed by atoms with Crippen molar-refractivity contribution in [1.82, 2.24) is 18.7 Å². The van der Waals surface area contributed by atoms with Gasteiger partial charge in [0.05, 0.1) is 28.2 Å². The number of hydrogen-bond donors (Lipinski definition) is 0. The first-order chi connectivity index (χ1) is 34.9. The van der Waals surface area contributed by atoms with Crippen molar-refractivity contribution in [2.45, 2.75) is 78.6 Å². The lowest BCUT2D eigenvalue weighted by atomic mass is 9.82. The molecule has 73 heavy (non-hydrogen) atoms. The SMILES string of the molecule is CC(C)(C)c1ccnc(-n2c3ccccc3c3ccc(Oc4cc(-c5ccccc5C(C)(C)C)cc([N+]5=C=[N+](c6c(-c7ccc(F)cc7)cc(C(C)(C)C)cc6-c6ccc(F)cc6)c6ccccc65)c4)cc32)c1. The van der Waals surface area contributed by atoms with Crippen LogP contribution < -0.4 is 13.9 Å². The summed E-state index contributed by atoms with van der Waals surface area (Å²) in [5.74, 6) is 1.54. The van der Waals surface area contributed by atoms with E-state index >= 15 is 0 Å². The first-order valence-electron chi connectivity index (χ1n) is 25.0. The summed E-state index contributed by atoms with van der Waals surface area (Å²) in [7, 11) is 0. The van der Waals surface area contributed by atoms with E-state index < -0.39 is 0 Å². The number of fused-ring (bicyclic) bond motifs is 4. The lowest BCUT2D eigenvalue weighted by Crippen LogP contribution is -2.13. The summed E-state index contributed by atoms with van der Waals surface area (Å²) in [5, 5.41) is 2.24. The molecule has 10 aromatic rings. The second kappa shape index (κ2) is 17.8. The zero-order valence-corrected chi connectivity index (χ0v) is 42.9. The molecule has 0 saturated heterocycles. The first-order valence-corrected chi connectivity index (χ1v) is 25.0. The highest BCUT2D eigenvalue weighted by molar-refractivity contribution is 6.09. The van der Waals surface area contributed by atoms with Gasteiger partial charge in [0.15, 0.2) is 0 Å². The van der Waals surface area contributed by atoms with Crippen LogP contribution in [0.2, 0.25) is 0 Å². The molecule has 3 heterocycles. The Morgan fingerprint density at radius 2 is 1.05 bits per heavy atom. The highest BCUT2D eigenvalue weighted by Gasteiger charge is 2.40. The fourth-order valence-electron chi connectivity index (χ4n) is 10.1. The summed E-state index contributed by atoms with van der Waals surface area (Å²) in [4.78, 5) is 4.93. The molecule has 0 aliphatic carbocycles. The third kappa shape index (κ3) is 8.85. The van der Waals surface area contributed by atoms with Crippen molar-refractivity contribution in [2.75, 3.05) is 0 Å².